The molecule has 0 amide bonds. The SMILES string of the molecule is CNc1nc(Cl)nc(NCC(=O)O)n1. The molecule has 0 unspecified atom stereocenters. The predicted octanol–water partition coefficient (Wildman–Crippen LogP) is 0.0632. The second-order valence-corrected chi connectivity index (χ2v) is 2.59. The van der Waals surface area contributed by atoms with E-state index in [2.05, 4.69) is 25.6 Å². The fourth-order valence-electron chi connectivity index (χ4n) is 0.696. The largest absolute Gasteiger partial charge is 0.480 e. The Morgan fingerprint density at radius 3 is 2.64 bits per heavy atom. The first-order chi connectivity index (χ1) is 6.61. The molecular weight excluding hydrogens is 210 g/mol. The number of aromatic nitrogens is 3. The third-order valence-corrected chi connectivity index (χ3v) is 1.40. The minimum absolute atomic E-state index is 0.00256. The number of nitrogens with one attached hydrogen (secondary N) is 2. The third kappa shape index (κ3) is 3.02. The Kier molecular flexibility index (Phi) is 3.41. The highest BCUT2D eigenvalue weighted by Gasteiger charge is 2.04. The van der Waals surface area contributed by atoms with Gasteiger partial charge in [-0.1, -0.05) is 0 Å². The Morgan fingerprint density at radius 2 is 2.07 bits per heavy atom. The molecule has 7 nitrogen and oxygen atoms in total. The molecule has 0 radical (unpaired) electrons. The number of carboxylic acids is 1. The van der Waals surface area contributed by atoms with Crippen molar-refractivity contribution in [3.8, 4) is 0 Å². The molecule has 1 rings (SSSR count). The van der Waals surface area contributed by atoms with E-state index in [0.717, 1.165) is 0 Å². The van der Waals surface area contributed by atoms with Crippen LogP contribution in [0.15, 0.2) is 0 Å². The summed E-state index contributed by atoms with van der Waals surface area (Å²) in [6.07, 6.45) is 0. The molecule has 1 aromatic rings. The first-order valence-electron chi connectivity index (χ1n) is 3.67. The molecule has 0 saturated heterocycles. The van der Waals surface area contributed by atoms with Gasteiger partial charge in [0, 0.05) is 7.05 Å². The number of carbonyl (C=O) groups is 1. The Balaban J connectivity index is 2.76. The summed E-state index contributed by atoms with van der Waals surface area (Å²) in [5.74, 6) is -0.609. The van der Waals surface area contributed by atoms with Crippen molar-refractivity contribution in [2.75, 3.05) is 24.2 Å². The van der Waals surface area contributed by atoms with Crippen LogP contribution in [0.1, 0.15) is 0 Å². The number of rotatable bonds is 4. The van der Waals surface area contributed by atoms with E-state index in [-0.39, 0.29) is 23.7 Å². The molecule has 0 aliphatic rings. The molecule has 0 atom stereocenters. The zero-order chi connectivity index (χ0) is 10.6. The van der Waals surface area contributed by atoms with Crippen LogP contribution in [0.2, 0.25) is 5.28 Å². The van der Waals surface area contributed by atoms with Crippen LogP contribution in [-0.2, 0) is 4.79 Å². The van der Waals surface area contributed by atoms with Crippen LogP contribution in [-0.4, -0.2) is 39.6 Å². The summed E-state index contributed by atoms with van der Waals surface area (Å²) in [6.45, 7) is -0.274. The normalized spacial score (nSPS) is 9.57. The van der Waals surface area contributed by atoms with Gasteiger partial charge in [0.2, 0.25) is 17.2 Å². The number of hydrogen-bond acceptors (Lipinski definition) is 6. The van der Waals surface area contributed by atoms with Crippen LogP contribution in [0.3, 0.4) is 0 Å². The molecule has 0 fully saturated rings. The van der Waals surface area contributed by atoms with Gasteiger partial charge in [0.25, 0.3) is 0 Å². The Hall–Kier alpha value is -1.63. The average molecular weight is 218 g/mol. The van der Waals surface area contributed by atoms with Crippen molar-refractivity contribution in [2.24, 2.45) is 0 Å². The zero-order valence-corrected chi connectivity index (χ0v) is 8.04. The van der Waals surface area contributed by atoms with Gasteiger partial charge >= 0.3 is 5.97 Å². The lowest BCUT2D eigenvalue weighted by Crippen LogP contribution is -2.15. The van der Waals surface area contributed by atoms with Gasteiger partial charge in [-0.3, -0.25) is 4.79 Å². The van der Waals surface area contributed by atoms with Gasteiger partial charge in [0.05, 0.1) is 0 Å². The van der Waals surface area contributed by atoms with Crippen LogP contribution >= 0.6 is 11.6 Å². The molecule has 8 heteroatoms. The van der Waals surface area contributed by atoms with Crippen LogP contribution < -0.4 is 10.6 Å². The highest BCUT2D eigenvalue weighted by atomic mass is 35.5. The first-order valence-corrected chi connectivity index (χ1v) is 4.04. The van der Waals surface area contributed by atoms with Gasteiger partial charge < -0.3 is 15.7 Å². The molecule has 14 heavy (non-hydrogen) atoms. The molecule has 0 spiro atoms. The molecule has 0 aliphatic heterocycles. The summed E-state index contributed by atoms with van der Waals surface area (Å²) < 4.78 is 0. The zero-order valence-electron chi connectivity index (χ0n) is 7.28. The van der Waals surface area contributed by atoms with Gasteiger partial charge in [-0.25, -0.2) is 0 Å². The van der Waals surface area contributed by atoms with Crippen molar-refractivity contribution < 1.29 is 9.90 Å². The lowest BCUT2D eigenvalue weighted by molar-refractivity contribution is -0.134. The highest BCUT2D eigenvalue weighted by Crippen LogP contribution is 2.08. The van der Waals surface area contributed by atoms with Crippen molar-refractivity contribution in [1.29, 1.82) is 0 Å². The van der Waals surface area contributed by atoms with Crippen molar-refractivity contribution in [3.63, 3.8) is 0 Å². The van der Waals surface area contributed by atoms with E-state index in [4.69, 9.17) is 16.7 Å². The fourth-order valence-corrected chi connectivity index (χ4v) is 0.856. The van der Waals surface area contributed by atoms with E-state index < -0.39 is 5.97 Å². The summed E-state index contributed by atoms with van der Waals surface area (Å²) >= 11 is 5.55. The molecule has 0 aromatic carbocycles. The highest BCUT2D eigenvalue weighted by molar-refractivity contribution is 6.28. The predicted molar refractivity (Wildman–Crippen MR) is 50.5 cm³/mol. The molecule has 3 N–H and O–H groups in total. The summed E-state index contributed by atoms with van der Waals surface area (Å²) in [4.78, 5) is 21.5. The van der Waals surface area contributed by atoms with Gasteiger partial charge in [-0.15, -0.1) is 0 Å². The summed E-state index contributed by atoms with van der Waals surface area (Å²) in [5, 5.41) is 13.5. The fraction of sp³-hybridized carbons (Fsp3) is 0.333. The minimum Gasteiger partial charge on any atom is -0.480 e. The number of halogens is 1. The van der Waals surface area contributed by atoms with E-state index in [9.17, 15) is 4.79 Å². The van der Waals surface area contributed by atoms with Crippen LogP contribution in [0, 0.1) is 0 Å². The molecule has 0 saturated carbocycles. The standard InChI is InChI=1S/C6H8ClN5O2/c1-8-5-10-4(7)11-6(12-5)9-2-3(13)14/h2H2,1H3,(H,13,14)(H2,8,9,10,11,12). The lowest BCUT2D eigenvalue weighted by Gasteiger charge is -2.03. The summed E-state index contributed by atoms with van der Waals surface area (Å²) in [5.41, 5.74) is 0. The monoisotopic (exact) mass is 217 g/mol. The molecular formula is C6H8ClN5O2. The number of anilines is 2. The van der Waals surface area contributed by atoms with Crippen LogP contribution in [0.4, 0.5) is 11.9 Å². The number of nitrogens with zero attached hydrogens (tertiary/aromatic N) is 3. The molecule has 76 valence electrons. The maximum absolute atomic E-state index is 10.2. The Morgan fingerprint density at radius 1 is 1.43 bits per heavy atom. The van der Waals surface area contributed by atoms with Gasteiger partial charge in [0.15, 0.2) is 0 Å². The minimum atomic E-state index is -1.01. The number of carboxylic acid groups (broad SMARTS) is 1. The maximum atomic E-state index is 10.2. The van der Waals surface area contributed by atoms with E-state index in [1.54, 1.807) is 7.05 Å². The third-order valence-electron chi connectivity index (χ3n) is 1.23. The topological polar surface area (TPSA) is 100 Å². The average Bonchev–Trinajstić information content (AvgIpc) is 2.14. The first kappa shape index (κ1) is 10.5. The van der Waals surface area contributed by atoms with E-state index in [0.29, 0.717) is 0 Å². The Labute approximate surface area is 84.5 Å². The Bertz CT molecular complexity index is 345. The van der Waals surface area contributed by atoms with Crippen LogP contribution in [0.5, 0.6) is 0 Å². The van der Waals surface area contributed by atoms with Crippen molar-refractivity contribution >= 4 is 29.5 Å². The van der Waals surface area contributed by atoms with Gasteiger partial charge in [-0.2, -0.15) is 15.0 Å². The molecule has 0 bridgehead atoms. The number of hydrogen-bond donors (Lipinski definition) is 3. The lowest BCUT2D eigenvalue weighted by atomic mass is 10.6. The molecule has 1 heterocycles. The van der Waals surface area contributed by atoms with Gasteiger partial charge in [-0.05, 0) is 11.6 Å². The summed E-state index contributed by atoms with van der Waals surface area (Å²) in [7, 11) is 1.62. The van der Waals surface area contributed by atoms with Crippen molar-refractivity contribution in [2.45, 2.75) is 0 Å². The van der Waals surface area contributed by atoms with Crippen molar-refractivity contribution in [3.05, 3.63) is 5.28 Å². The second-order valence-electron chi connectivity index (χ2n) is 2.25. The van der Waals surface area contributed by atoms with Crippen LogP contribution in [0.25, 0.3) is 0 Å². The maximum Gasteiger partial charge on any atom is 0.322 e. The molecule has 0 aliphatic carbocycles. The smallest absolute Gasteiger partial charge is 0.322 e. The van der Waals surface area contributed by atoms with Crippen molar-refractivity contribution in [1.82, 2.24) is 15.0 Å². The van der Waals surface area contributed by atoms with E-state index in [1.165, 1.54) is 0 Å². The van der Waals surface area contributed by atoms with E-state index >= 15 is 0 Å². The second kappa shape index (κ2) is 4.56. The summed E-state index contributed by atoms with van der Waals surface area (Å²) in [6, 6.07) is 0. The molecule has 1 aromatic heterocycles. The van der Waals surface area contributed by atoms with E-state index in [1.807, 2.05) is 0 Å². The van der Waals surface area contributed by atoms with Gasteiger partial charge in [0.1, 0.15) is 6.54 Å². The quantitative estimate of drug-likeness (QED) is 0.656. The number of aliphatic carboxylic acids is 1.